The lowest BCUT2D eigenvalue weighted by Gasteiger charge is -2.38. The van der Waals surface area contributed by atoms with Gasteiger partial charge in [-0.15, -0.1) is 0 Å². The molecule has 2 heteroatoms. The highest BCUT2D eigenvalue weighted by Crippen LogP contribution is 2.32. The maximum absolute atomic E-state index is 3.67. The molecule has 2 aliphatic rings. The molecule has 17 heavy (non-hydrogen) atoms. The van der Waals surface area contributed by atoms with Crippen molar-refractivity contribution in [2.45, 2.75) is 58.4 Å². The number of likely N-dealkylation sites (N-methyl/N-ethyl adjacent to an activating group) is 1. The smallest absolute Gasteiger partial charge is 0.0198 e. The molecule has 0 aromatic carbocycles. The summed E-state index contributed by atoms with van der Waals surface area (Å²) in [5.41, 5.74) is 0. The van der Waals surface area contributed by atoms with Crippen LogP contribution in [0.5, 0.6) is 0 Å². The number of piperidine rings is 1. The second kappa shape index (κ2) is 6.75. The lowest BCUT2D eigenvalue weighted by molar-refractivity contribution is 0.130. The molecule has 0 aromatic heterocycles. The number of nitrogens with zero attached hydrogens (tertiary/aromatic N) is 1. The van der Waals surface area contributed by atoms with Gasteiger partial charge < -0.3 is 10.2 Å². The minimum Gasteiger partial charge on any atom is -0.313 e. The Morgan fingerprint density at radius 2 is 1.94 bits per heavy atom. The molecule has 2 nitrogen and oxygen atoms in total. The van der Waals surface area contributed by atoms with Crippen LogP contribution >= 0.6 is 0 Å². The number of hydrogen-bond acceptors (Lipinski definition) is 2. The van der Waals surface area contributed by atoms with Gasteiger partial charge in [-0.1, -0.05) is 26.7 Å². The molecule has 2 fully saturated rings. The van der Waals surface area contributed by atoms with Crippen molar-refractivity contribution in [1.29, 1.82) is 0 Å². The zero-order chi connectivity index (χ0) is 12.1. The van der Waals surface area contributed by atoms with Gasteiger partial charge in [-0.2, -0.15) is 0 Å². The molecule has 2 rings (SSSR count). The molecule has 0 aromatic rings. The summed E-state index contributed by atoms with van der Waals surface area (Å²) in [6.45, 7) is 9.73. The summed E-state index contributed by atoms with van der Waals surface area (Å²) >= 11 is 0. The Morgan fingerprint density at radius 3 is 2.59 bits per heavy atom. The van der Waals surface area contributed by atoms with Crippen LogP contribution in [0.25, 0.3) is 0 Å². The van der Waals surface area contributed by atoms with Gasteiger partial charge >= 0.3 is 0 Å². The summed E-state index contributed by atoms with van der Waals surface area (Å²) in [6.07, 6.45) is 8.60. The largest absolute Gasteiger partial charge is 0.313 e. The summed E-state index contributed by atoms with van der Waals surface area (Å²) in [5.74, 6) is 1.99. The number of likely N-dealkylation sites (tertiary alicyclic amines) is 1. The Hall–Kier alpha value is -0.0800. The maximum Gasteiger partial charge on any atom is 0.0198 e. The molecular weight excluding hydrogens is 208 g/mol. The molecule has 100 valence electrons. The highest BCUT2D eigenvalue weighted by atomic mass is 15.2. The summed E-state index contributed by atoms with van der Waals surface area (Å²) in [4.78, 5) is 2.74. The fourth-order valence-corrected chi connectivity index (χ4v) is 3.26. The third-order valence-corrected chi connectivity index (χ3v) is 4.28. The Morgan fingerprint density at radius 1 is 1.12 bits per heavy atom. The predicted molar refractivity (Wildman–Crippen MR) is 74.3 cm³/mol. The molecule has 0 spiro atoms. The molecule has 1 saturated heterocycles. The van der Waals surface area contributed by atoms with Crippen molar-refractivity contribution >= 4 is 0 Å². The molecular formula is C15H30N2. The number of nitrogens with one attached hydrogen (secondary N) is 1. The molecule has 1 saturated carbocycles. The van der Waals surface area contributed by atoms with E-state index in [0.717, 1.165) is 24.4 Å². The van der Waals surface area contributed by atoms with E-state index >= 15 is 0 Å². The Balaban J connectivity index is 1.79. The van der Waals surface area contributed by atoms with Gasteiger partial charge in [-0.3, -0.25) is 0 Å². The van der Waals surface area contributed by atoms with Crippen LogP contribution in [0, 0.1) is 11.8 Å². The highest BCUT2D eigenvalue weighted by molar-refractivity contribution is 4.86. The van der Waals surface area contributed by atoms with Crippen molar-refractivity contribution in [1.82, 2.24) is 10.2 Å². The average Bonchev–Trinajstić information content (AvgIpc) is 3.10. The van der Waals surface area contributed by atoms with E-state index in [1.807, 2.05) is 0 Å². The summed E-state index contributed by atoms with van der Waals surface area (Å²) in [7, 11) is 0. The molecule has 0 amide bonds. The van der Waals surface area contributed by atoms with Gasteiger partial charge in [-0.25, -0.2) is 0 Å². The normalized spacial score (nSPS) is 30.7. The summed E-state index contributed by atoms with van der Waals surface area (Å²) < 4.78 is 0. The molecule has 1 heterocycles. The van der Waals surface area contributed by atoms with Crippen LogP contribution in [-0.2, 0) is 0 Å². The van der Waals surface area contributed by atoms with Crippen LogP contribution in [0.15, 0.2) is 0 Å². The molecule has 1 aliphatic carbocycles. The summed E-state index contributed by atoms with van der Waals surface area (Å²) in [5, 5.41) is 3.67. The molecule has 0 bridgehead atoms. The van der Waals surface area contributed by atoms with Gasteiger partial charge in [0.05, 0.1) is 0 Å². The first-order valence-electron chi connectivity index (χ1n) is 7.77. The van der Waals surface area contributed by atoms with E-state index in [4.69, 9.17) is 0 Å². The maximum atomic E-state index is 3.67. The average molecular weight is 238 g/mol. The number of hydrogen-bond donors (Lipinski definition) is 1. The SMILES string of the molecule is CCCCC1CC(NCC)CN(CC2CC2)C1. The van der Waals surface area contributed by atoms with Crippen LogP contribution < -0.4 is 5.32 Å². The standard InChI is InChI=1S/C15H30N2/c1-3-5-6-14-9-15(16-4-2)12-17(11-14)10-13-7-8-13/h13-16H,3-12H2,1-2H3. The van der Waals surface area contributed by atoms with E-state index in [-0.39, 0.29) is 0 Å². The van der Waals surface area contributed by atoms with Crippen molar-refractivity contribution in [2.75, 3.05) is 26.2 Å². The van der Waals surface area contributed by atoms with E-state index in [1.165, 1.54) is 58.2 Å². The zero-order valence-electron chi connectivity index (χ0n) is 11.8. The Bertz CT molecular complexity index is 213. The van der Waals surface area contributed by atoms with Crippen molar-refractivity contribution in [3.8, 4) is 0 Å². The van der Waals surface area contributed by atoms with Gasteiger partial charge in [0.15, 0.2) is 0 Å². The highest BCUT2D eigenvalue weighted by Gasteiger charge is 2.30. The zero-order valence-corrected chi connectivity index (χ0v) is 11.8. The quantitative estimate of drug-likeness (QED) is 0.733. The van der Waals surface area contributed by atoms with Crippen LogP contribution in [-0.4, -0.2) is 37.1 Å². The van der Waals surface area contributed by atoms with Crippen molar-refractivity contribution < 1.29 is 0 Å². The second-order valence-corrected chi connectivity index (χ2v) is 6.16. The first kappa shape index (κ1) is 13.4. The van der Waals surface area contributed by atoms with Gasteiger partial charge in [0.2, 0.25) is 0 Å². The number of unbranched alkanes of at least 4 members (excludes halogenated alkanes) is 1. The minimum atomic E-state index is 0.759. The monoisotopic (exact) mass is 238 g/mol. The molecule has 2 unspecified atom stereocenters. The Labute approximate surface area is 107 Å². The topological polar surface area (TPSA) is 15.3 Å². The van der Waals surface area contributed by atoms with E-state index in [0.29, 0.717) is 0 Å². The number of rotatable bonds is 7. The van der Waals surface area contributed by atoms with Crippen LogP contribution in [0.3, 0.4) is 0 Å². The first-order valence-corrected chi connectivity index (χ1v) is 7.77. The predicted octanol–water partition coefficient (Wildman–Crippen LogP) is 2.89. The van der Waals surface area contributed by atoms with E-state index in [1.54, 1.807) is 0 Å². The third-order valence-electron chi connectivity index (χ3n) is 4.28. The summed E-state index contributed by atoms with van der Waals surface area (Å²) in [6, 6.07) is 0.759. The lowest BCUT2D eigenvalue weighted by Crippen LogP contribution is -2.49. The minimum absolute atomic E-state index is 0.759. The van der Waals surface area contributed by atoms with Gasteiger partial charge in [0.25, 0.3) is 0 Å². The van der Waals surface area contributed by atoms with Crippen molar-refractivity contribution in [3.05, 3.63) is 0 Å². The van der Waals surface area contributed by atoms with Gasteiger partial charge in [0.1, 0.15) is 0 Å². The third kappa shape index (κ3) is 4.59. The molecule has 1 N–H and O–H groups in total. The first-order chi connectivity index (χ1) is 8.31. The fraction of sp³-hybridized carbons (Fsp3) is 1.00. The molecule has 1 aliphatic heterocycles. The van der Waals surface area contributed by atoms with Crippen molar-refractivity contribution in [2.24, 2.45) is 11.8 Å². The van der Waals surface area contributed by atoms with E-state index in [9.17, 15) is 0 Å². The van der Waals surface area contributed by atoms with Crippen molar-refractivity contribution in [3.63, 3.8) is 0 Å². The fourth-order valence-electron chi connectivity index (χ4n) is 3.26. The lowest BCUT2D eigenvalue weighted by atomic mass is 9.89. The van der Waals surface area contributed by atoms with Crippen LogP contribution in [0.1, 0.15) is 52.4 Å². The van der Waals surface area contributed by atoms with E-state index < -0.39 is 0 Å². The van der Waals surface area contributed by atoms with E-state index in [2.05, 4.69) is 24.1 Å². The van der Waals surface area contributed by atoms with Gasteiger partial charge in [0, 0.05) is 25.7 Å². The Kier molecular flexibility index (Phi) is 5.30. The molecule has 2 atom stereocenters. The van der Waals surface area contributed by atoms with Gasteiger partial charge in [-0.05, 0) is 44.1 Å². The molecule has 0 radical (unpaired) electrons. The second-order valence-electron chi connectivity index (χ2n) is 6.16. The van der Waals surface area contributed by atoms with Crippen LogP contribution in [0.2, 0.25) is 0 Å². The van der Waals surface area contributed by atoms with Crippen LogP contribution in [0.4, 0.5) is 0 Å².